The Morgan fingerprint density at radius 3 is 2.35 bits per heavy atom. The van der Waals surface area contributed by atoms with E-state index in [1.165, 1.54) is 6.07 Å². The summed E-state index contributed by atoms with van der Waals surface area (Å²) in [5.41, 5.74) is 1.40. The second-order valence-corrected chi connectivity index (χ2v) is 4.82. The van der Waals surface area contributed by atoms with Gasteiger partial charge in [0.15, 0.2) is 6.73 Å². The maximum absolute atomic E-state index is 11.8. The maximum atomic E-state index is 11.8. The number of rotatable bonds is 6. The predicted molar refractivity (Wildman–Crippen MR) is 88.1 cm³/mol. The molecule has 0 atom stereocenters. The van der Waals surface area contributed by atoms with Gasteiger partial charge in [-0.3, -0.25) is 0 Å². The molecule has 2 aromatic rings. The van der Waals surface area contributed by atoms with Gasteiger partial charge in [0, 0.05) is 5.69 Å². The average molecular weight is 316 g/mol. The fourth-order valence-electron chi connectivity index (χ4n) is 1.94. The highest BCUT2D eigenvalue weighted by Gasteiger charge is 2.05. The molecule has 0 aromatic heterocycles. The number of aromatic hydroxyl groups is 1. The van der Waals surface area contributed by atoms with E-state index in [0.717, 1.165) is 11.3 Å². The summed E-state index contributed by atoms with van der Waals surface area (Å²) in [6, 6.07) is 11.5. The standard InChI is InChI=1S/C17H20N2O4/c1-3-22-14-5-7-15(8-6-14)23-11-18-17(21)19-16-9-4-13(20)10-12(16)2/h4-10,20H,3,11H2,1-2H3,(H2,18,19,21). The third-order valence-electron chi connectivity index (χ3n) is 3.06. The quantitative estimate of drug-likeness (QED) is 0.564. The molecule has 0 heterocycles. The van der Waals surface area contributed by atoms with Gasteiger partial charge in [0.25, 0.3) is 0 Å². The molecule has 0 aliphatic rings. The van der Waals surface area contributed by atoms with Gasteiger partial charge in [-0.2, -0.15) is 0 Å². The largest absolute Gasteiger partial charge is 0.508 e. The van der Waals surface area contributed by atoms with Crippen molar-refractivity contribution in [2.45, 2.75) is 13.8 Å². The van der Waals surface area contributed by atoms with E-state index in [9.17, 15) is 9.90 Å². The lowest BCUT2D eigenvalue weighted by Crippen LogP contribution is -2.32. The van der Waals surface area contributed by atoms with Gasteiger partial charge in [-0.15, -0.1) is 0 Å². The number of carbonyl (C=O) groups is 1. The topological polar surface area (TPSA) is 79.8 Å². The molecule has 0 fully saturated rings. The zero-order valence-corrected chi connectivity index (χ0v) is 13.1. The first-order chi connectivity index (χ1) is 11.1. The van der Waals surface area contributed by atoms with Crippen LogP contribution in [0.25, 0.3) is 0 Å². The normalized spacial score (nSPS) is 10.0. The number of amides is 2. The first-order valence-electron chi connectivity index (χ1n) is 7.28. The van der Waals surface area contributed by atoms with E-state index in [0.29, 0.717) is 18.0 Å². The molecule has 0 bridgehead atoms. The van der Waals surface area contributed by atoms with Gasteiger partial charge in [0.2, 0.25) is 0 Å². The zero-order chi connectivity index (χ0) is 16.7. The van der Waals surface area contributed by atoms with Crippen molar-refractivity contribution in [1.29, 1.82) is 0 Å². The zero-order valence-electron chi connectivity index (χ0n) is 13.1. The van der Waals surface area contributed by atoms with Gasteiger partial charge in [-0.1, -0.05) is 0 Å². The van der Waals surface area contributed by atoms with Gasteiger partial charge in [-0.25, -0.2) is 4.79 Å². The van der Waals surface area contributed by atoms with Crippen molar-refractivity contribution >= 4 is 11.7 Å². The lowest BCUT2D eigenvalue weighted by atomic mass is 10.2. The molecule has 6 heteroatoms. The van der Waals surface area contributed by atoms with Gasteiger partial charge in [-0.05, 0) is 61.9 Å². The molecule has 0 aliphatic carbocycles. The third-order valence-corrected chi connectivity index (χ3v) is 3.06. The van der Waals surface area contributed by atoms with Crippen LogP contribution in [-0.4, -0.2) is 24.5 Å². The molecule has 0 saturated heterocycles. The van der Waals surface area contributed by atoms with E-state index < -0.39 is 0 Å². The van der Waals surface area contributed by atoms with Crippen LogP contribution in [0.15, 0.2) is 42.5 Å². The average Bonchev–Trinajstić information content (AvgIpc) is 2.52. The highest BCUT2D eigenvalue weighted by atomic mass is 16.5. The molecule has 122 valence electrons. The maximum Gasteiger partial charge on any atom is 0.321 e. The number of hydrogen-bond acceptors (Lipinski definition) is 4. The van der Waals surface area contributed by atoms with Crippen LogP contribution in [0.4, 0.5) is 10.5 Å². The summed E-state index contributed by atoms with van der Waals surface area (Å²) in [7, 11) is 0. The fourth-order valence-corrected chi connectivity index (χ4v) is 1.94. The van der Waals surface area contributed by atoms with Crippen molar-refractivity contribution in [1.82, 2.24) is 5.32 Å². The summed E-state index contributed by atoms with van der Waals surface area (Å²) >= 11 is 0. The number of carbonyl (C=O) groups excluding carboxylic acids is 1. The van der Waals surface area contributed by atoms with Crippen molar-refractivity contribution in [2.75, 3.05) is 18.7 Å². The number of anilines is 1. The summed E-state index contributed by atoms with van der Waals surface area (Å²) in [5.74, 6) is 1.57. The third kappa shape index (κ3) is 5.10. The summed E-state index contributed by atoms with van der Waals surface area (Å²) in [4.78, 5) is 11.8. The first kappa shape index (κ1) is 16.5. The smallest absolute Gasteiger partial charge is 0.321 e. The molecular weight excluding hydrogens is 296 g/mol. The fraction of sp³-hybridized carbons (Fsp3) is 0.235. The lowest BCUT2D eigenvalue weighted by molar-refractivity contribution is 0.234. The molecule has 0 spiro atoms. The Labute approximate surface area is 135 Å². The van der Waals surface area contributed by atoms with Crippen LogP contribution in [-0.2, 0) is 0 Å². The number of nitrogens with one attached hydrogen (secondary N) is 2. The van der Waals surface area contributed by atoms with Crippen molar-refractivity contribution in [3.05, 3.63) is 48.0 Å². The molecule has 0 radical (unpaired) electrons. The van der Waals surface area contributed by atoms with Crippen molar-refractivity contribution < 1.29 is 19.4 Å². The summed E-state index contributed by atoms with van der Waals surface area (Å²) in [5, 5.41) is 14.6. The number of benzene rings is 2. The monoisotopic (exact) mass is 316 g/mol. The number of urea groups is 1. The number of ether oxygens (including phenoxy) is 2. The van der Waals surface area contributed by atoms with Crippen LogP contribution in [0.3, 0.4) is 0 Å². The summed E-state index contributed by atoms with van der Waals surface area (Å²) in [6.45, 7) is 4.37. The predicted octanol–water partition coefficient (Wildman–Crippen LogP) is 3.26. The molecule has 0 saturated carbocycles. The minimum atomic E-state index is -0.385. The van der Waals surface area contributed by atoms with Crippen molar-refractivity contribution in [3.8, 4) is 17.2 Å². The van der Waals surface area contributed by atoms with Crippen molar-refractivity contribution in [2.24, 2.45) is 0 Å². The van der Waals surface area contributed by atoms with E-state index >= 15 is 0 Å². The molecule has 6 nitrogen and oxygen atoms in total. The van der Waals surface area contributed by atoms with Gasteiger partial charge >= 0.3 is 6.03 Å². The van der Waals surface area contributed by atoms with Gasteiger partial charge < -0.3 is 25.2 Å². The molecule has 0 unspecified atom stereocenters. The first-order valence-corrected chi connectivity index (χ1v) is 7.28. The van der Waals surface area contributed by atoms with E-state index in [1.54, 1.807) is 43.3 Å². The Hall–Kier alpha value is -2.89. The van der Waals surface area contributed by atoms with Crippen LogP contribution < -0.4 is 20.1 Å². The Morgan fingerprint density at radius 1 is 1.09 bits per heavy atom. The summed E-state index contributed by atoms with van der Waals surface area (Å²) in [6.07, 6.45) is 0. The molecule has 2 aromatic carbocycles. The van der Waals surface area contributed by atoms with E-state index in [-0.39, 0.29) is 18.5 Å². The van der Waals surface area contributed by atoms with E-state index in [2.05, 4.69) is 10.6 Å². The van der Waals surface area contributed by atoms with Crippen LogP contribution >= 0.6 is 0 Å². The van der Waals surface area contributed by atoms with Crippen LogP contribution in [0.5, 0.6) is 17.2 Å². The minimum absolute atomic E-state index is 0.0386. The van der Waals surface area contributed by atoms with Crippen LogP contribution in [0.2, 0.25) is 0 Å². The molecule has 2 amide bonds. The van der Waals surface area contributed by atoms with Gasteiger partial charge in [0.05, 0.1) is 6.61 Å². The second kappa shape index (κ2) is 7.93. The van der Waals surface area contributed by atoms with E-state index in [1.807, 2.05) is 6.92 Å². The number of aryl methyl sites for hydroxylation is 1. The second-order valence-electron chi connectivity index (χ2n) is 4.82. The Kier molecular flexibility index (Phi) is 5.68. The number of phenolic OH excluding ortho intramolecular Hbond substituents is 1. The van der Waals surface area contributed by atoms with Crippen molar-refractivity contribution in [3.63, 3.8) is 0 Å². The summed E-state index contributed by atoms with van der Waals surface area (Å²) < 4.78 is 10.8. The Morgan fingerprint density at radius 2 is 1.74 bits per heavy atom. The lowest BCUT2D eigenvalue weighted by Gasteiger charge is -2.11. The van der Waals surface area contributed by atoms with Crippen LogP contribution in [0.1, 0.15) is 12.5 Å². The molecular formula is C17H20N2O4. The Bertz CT molecular complexity index is 656. The molecule has 0 aliphatic heterocycles. The highest BCUT2D eigenvalue weighted by molar-refractivity contribution is 5.90. The van der Waals surface area contributed by atoms with Crippen LogP contribution in [0, 0.1) is 6.92 Å². The number of phenols is 1. The molecule has 23 heavy (non-hydrogen) atoms. The van der Waals surface area contributed by atoms with E-state index in [4.69, 9.17) is 9.47 Å². The SMILES string of the molecule is CCOc1ccc(OCNC(=O)Nc2ccc(O)cc2C)cc1. The molecule has 3 N–H and O–H groups in total. The van der Waals surface area contributed by atoms with Gasteiger partial charge in [0.1, 0.15) is 17.2 Å². The Balaban J connectivity index is 1.78. The number of hydrogen-bond donors (Lipinski definition) is 3. The highest BCUT2D eigenvalue weighted by Crippen LogP contribution is 2.20. The molecule has 2 rings (SSSR count). The minimum Gasteiger partial charge on any atom is -0.508 e.